The van der Waals surface area contributed by atoms with Gasteiger partial charge in [-0.05, 0) is 32.0 Å². The smallest absolute Gasteiger partial charge is 0.335 e. The molecule has 0 aromatic heterocycles. The second-order valence-corrected chi connectivity index (χ2v) is 5.12. The van der Waals surface area contributed by atoms with Crippen molar-refractivity contribution in [2.45, 2.75) is 19.4 Å². The highest BCUT2D eigenvalue weighted by Gasteiger charge is 2.21. The molecule has 0 heterocycles. The Morgan fingerprint density at radius 3 is 2.48 bits per heavy atom. The maximum absolute atomic E-state index is 12.0. The molecule has 7 nitrogen and oxygen atoms in total. The number of urea groups is 1. The Hall–Kier alpha value is -2.28. The van der Waals surface area contributed by atoms with Crippen molar-refractivity contribution >= 4 is 17.7 Å². The predicted molar refractivity (Wildman–Crippen MR) is 78.1 cm³/mol. The quantitative estimate of drug-likeness (QED) is 0.745. The summed E-state index contributed by atoms with van der Waals surface area (Å²) in [6.07, 6.45) is 0. The van der Waals surface area contributed by atoms with Crippen molar-refractivity contribution in [2.24, 2.45) is 0 Å². The van der Waals surface area contributed by atoms with Gasteiger partial charge in [-0.25, -0.2) is 9.59 Å². The lowest BCUT2D eigenvalue weighted by Crippen LogP contribution is -2.48. The third-order valence-corrected chi connectivity index (χ3v) is 2.65. The van der Waals surface area contributed by atoms with Crippen LogP contribution in [-0.2, 0) is 4.74 Å². The van der Waals surface area contributed by atoms with Crippen LogP contribution in [0.5, 0.6) is 5.75 Å². The molecule has 0 saturated carbocycles. The summed E-state index contributed by atoms with van der Waals surface area (Å²) in [4.78, 5) is 22.9. The van der Waals surface area contributed by atoms with Gasteiger partial charge >= 0.3 is 12.0 Å². The summed E-state index contributed by atoms with van der Waals surface area (Å²) in [5, 5.41) is 14.3. The third kappa shape index (κ3) is 4.96. The third-order valence-electron chi connectivity index (χ3n) is 2.65. The first-order valence-corrected chi connectivity index (χ1v) is 6.28. The first-order valence-electron chi connectivity index (χ1n) is 6.28. The zero-order valence-corrected chi connectivity index (χ0v) is 12.5. The summed E-state index contributed by atoms with van der Waals surface area (Å²) in [6, 6.07) is 3.75. The predicted octanol–water partition coefficient (Wildman–Crippen LogP) is 1.94. The number of carbonyl (C=O) groups excluding carboxylic acids is 1. The van der Waals surface area contributed by atoms with Gasteiger partial charge in [0.15, 0.2) is 0 Å². The molecule has 0 saturated heterocycles. The molecule has 3 N–H and O–H groups in total. The molecule has 0 aliphatic carbocycles. The number of benzene rings is 1. The van der Waals surface area contributed by atoms with Crippen LogP contribution >= 0.6 is 0 Å². The molecule has 0 aliphatic heterocycles. The van der Waals surface area contributed by atoms with Crippen LogP contribution in [0.15, 0.2) is 18.2 Å². The van der Waals surface area contributed by atoms with Crippen molar-refractivity contribution < 1.29 is 24.2 Å². The number of hydrogen-bond donors (Lipinski definition) is 3. The van der Waals surface area contributed by atoms with Crippen LogP contribution in [0, 0.1) is 0 Å². The van der Waals surface area contributed by atoms with Crippen molar-refractivity contribution in [3.63, 3.8) is 0 Å². The van der Waals surface area contributed by atoms with Gasteiger partial charge in [0.25, 0.3) is 0 Å². The van der Waals surface area contributed by atoms with Crippen LogP contribution < -0.4 is 15.4 Å². The van der Waals surface area contributed by atoms with Crippen molar-refractivity contribution in [3.8, 4) is 5.75 Å². The molecule has 1 aromatic carbocycles. The minimum atomic E-state index is -1.08. The van der Waals surface area contributed by atoms with Crippen LogP contribution in [0.3, 0.4) is 0 Å². The molecule has 0 unspecified atom stereocenters. The lowest BCUT2D eigenvalue weighted by molar-refractivity contribution is 0.0697. The van der Waals surface area contributed by atoms with E-state index in [9.17, 15) is 9.59 Å². The average molecular weight is 296 g/mol. The molecule has 0 spiro atoms. The van der Waals surface area contributed by atoms with E-state index in [1.165, 1.54) is 25.3 Å². The number of nitrogens with one attached hydrogen (secondary N) is 2. The van der Waals surface area contributed by atoms with Crippen LogP contribution in [0.2, 0.25) is 0 Å². The summed E-state index contributed by atoms with van der Waals surface area (Å²) in [6.45, 7) is 3.95. The van der Waals surface area contributed by atoms with Crippen LogP contribution in [0.4, 0.5) is 10.5 Å². The molecule has 21 heavy (non-hydrogen) atoms. The molecule has 0 bridgehead atoms. The number of hydrogen-bond acceptors (Lipinski definition) is 4. The number of carboxylic acid groups (broad SMARTS) is 1. The Bertz CT molecular complexity index is 528. The molecule has 0 atom stereocenters. The van der Waals surface area contributed by atoms with E-state index in [-0.39, 0.29) is 11.3 Å². The van der Waals surface area contributed by atoms with E-state index >= 15 is 0 Å². The van der Waals surface area contributed by atoms with Crippen LogP contribution in [0.25, 0.3) is 0 Å². The van der Waals surface area contributed by atoms with Gasteiger partial charge < -0.3 is 25.2 Å². The number of methoxy groups -OCH3 is 2. The summed E-state index contributed by atoms with van der Waals surface area (Å²) < 4.78 is 10.1. The molecule has 7 heteroatoms. The van der Waals surface area contributed by atoms with Gasteiger partial charge in [-0.15, -0.1) is 0 Å². The van der Waals surface area contributed by atoms with E-state index in [2.05, 4.69) is 10.6 Å². The van der Waals surface area contributed by atoms with Gasteiger partial charge in [-0.3, -0.25) is 0 Å². The van der Waals surface area contributed by atoms with E-state index < -0.39 is 17.5 Å². The minimum absolute atomic E-state index is 0.0576. The zero-order valence-electron chi connectivity index (χ0n) is 12.5. The van der Waals surface area contributed by atoms with Crippen molar-refractivity contribution in [1.29, 1.82) is 0 Å². The lowest BCUT2D eigenvalue weighted by Gasteiger charge is -2.25. The van der Waals surface area contributed by atoms with Crippen molar-refractivity contribution in [3.05, 3.63) is 23.8 Å². The van der Waals surface area contributed by atoms with E-state index in [0.29, 0.717) is 12.4 Å². The summed E-state index contributed by atoms with van der Waals surface area (Å²) in [7, 11) is 2.98. The Balaban J connectivity index is 2.88. The summed E-state index contributed by atoms with van der Waals surface area (Å²) in [5.74, 6) is -0.708. The van der Waals surface area contributed by atoms with Crippen molar-refractivity contribution in [2.75, 3.05) is 26.1 Å². The number of aromatic carboxylic acids is 1. The average Bonchev–Trinajstić information content (AvgIpc) is 2.37. The normalized spacial score (nSPS) is 10.9. The fraction of sp³-hybridized carbons (Fsp3) is 0.429. The van der Waals surface area contributed by atoms with Gasteiger partial charge in [0, 0.05) is 7.11 Å². The molecular formula is C14H20N2O5. The first kappa shape index (κ1) is 16.8. The maximum atomic E-state index is 12.0. The maximum Gasteiger partial charge on any atom is 0.335 e. The molecular weight excluding hydrogens is 276 g/mol. The van der Waals surface area contributed by atoms with Gasteiger partial charge in [0.2, 0.25) is 0 Å². The van der Waals surface area contributed by atoms with Gasteiger partial charge in [0.1, 0.15) is 5.75 Å². The Labute approximate surface area is 123 Å². The second-order valence-electron chi connectivity index (χ2n) is 5.12. The highest BCUT2D eigenvalue weighted by molar-refractivity contribution is 5.95. The van der Waals surface area contributed by atoms with E-state index in [4.69, 9.17) is 14.6 Å². The van der Waals surface area contributed by atoms with Gasteiger partial charge in [-0.1, -0.05) is 0 Å². The van der Waals surface area contributed by atoms with Gasteiger partial charge in [0.05, 0.1) is 30.5 Å². The topological polar surface area (TPSA) is 96.9 Å². The molecule has 116 valence electrons. The van der Waals surface area contributed by atoms with E-state index in [1.54, 1.807) is 21.0 Å². The van der Waals surface area contributed by atoms with Gasteiger partial charge in [-0.2, -0.15) is 0 Å². The number of ether oxygens (including phenoxy) is 2. The summed E-state index contributed by atoms with van der Waals surface area (Å²) in [5.41, 5.74) is -0.221. The standard InChI is InChI=1S/C14H20N2O5/c1-14(2,8-20-3)16-13(19)15-10-7-9(12(17)18)5-6-11(10)21-4/h5-7H,8H2,1-4H3,(H,17,18)(H2,15,16,19). The van der Waals surface area contributed by atoms with Crippen molar-refractivity contribution in [1.82, 2.24) is 5.32 Å². The number of carboxylic acids is 1. The number of carbonyl (C=O) groups is 2. The molecule has 2 amide bonds. The van der Waals surface area contributed by atoms with Crippen LogP contribution in [0.1, 0.15) is 24.2 Å². The highest BCUT2D eigenvalue weighted by Crippen LogP contribution is 2.25. The number of amides is 2. The Kier molecular flexibility index (Phi) is 5.54. The molecule has 1 aromatic rings. The monoisotopic (exact) mass is 296 g/mol. The fourth-order valence-corrected chi connectivity index (χ4v) is 1.80. The Morgan fingerprint density at radius 2 is 1.95 bits per heavy atom. The number of rotatable bonds is 6. The Morgan fingerprint density at radius 1 is 1.29 bits per heavy atom. The minimum Gasteiger partial charge on any atom is -0.495 e. The fourth-order valence-electron chi connectivity index (χ4n) is 1.80. The molecule has 1 rings (SSSR count). The summed E-state index contributed by atoms with van der Waals surface area (Å²) >= 11 is 0. The first-order chi connectivity index (χ1) is 9.79. The molecule has 0 aliphatic rings. The SMILES string of the molecule is COCC(C)(C)NC(=O)Nc1cc(C(=O)O)ccc1OC. The van der Waals surface area contributed by atoms with Crippen LogP contribution in [-0.4, -0.2) is 43.5 Å². The van der Waals surface area contributed by atoms with E-state index in [0.717, 1.165) is 0 Å². The lowest BCUT2D eigenvalue weighted by atomic mass is 10.1. The molecule has 0 fully saturated rings. The second kappa shape index (κ2) is 6.94. The zero-order chi connectivity index (χ0) is 16.0. The van der Waals surface area contributed by atoms with E-state index in [1.807, 2.05) is 0 Å². The number of anilines is 1. The highest BCUT2D eigenvalue weighted by atomic mass is 16.5. The largest absolute Gasteiger partial charge is 0.495 e. The molecule has 0 radical (unpaired) electrons.